The Balaban J connectivity index is 1.35. The van der Waals surface area contributed by atoms with E-state index in [-0.39, 0.29) is 5.56 Å². The molecule has 202 valence electrons. The highest BCUT2D eigenvalue weighted by Gasteiger charge is 2.38. The van der Waals surface area contributed by atoms with Crippen molar-refractivity contribution in [1.29, 1.82) is 0 Å². The number of rotatable bonds is 3. The number of nitrogens with zero attached hydrogens (tertiary/aromatic N) is 4. The standard InChI is InChI=1S/C33H18Cl2N4O3/c34-23-11-6-10-22(28(23)35)25-26-29(21-9-4-5-12-24(21)41-33(26)40)42-32-27(25)31-37-30(38-39(31)17-36-32)20-15-13-19(14-16-20)18-7-2-1-3-8-18/h1-17,25H. The monoisotopic (exact) mass is 588 g/mol. The molecule has 0 amide bonds. The van der Waals surface area contributed by atoms with Gasteiger partial charge < -0.3 is 9.15 Å². The molecule has 0 saturated heterocycles. The third-order valence-electron chi connectivity index (χ3n) is 7.50. The lowest BCUT2D eigenvalue weighted by Gasteiger charge is -2.28. The Morgan fingerprint density at radius 3 is 2.33 bits per heavy atom. The lowest BCUT2D eigenvalue weighted by atomic mass is 9.84. The van der Waals surface area contributed by atoms with Gasteiger partial charge in [0.15, 0.2) is 17.2 Å². The summed E-state index contributed by atoms with van der Waals surface area (Å²) in [5.74, 6) is 0.426. The van der Waals surface area contributed by atoms with Crippen molar-refractivity contribution in [1.82, 2.24) is 19.6 Å². The van der Waals surface area contributed by atoms with Crippen LogP contribution in [0.1, 0.15) is 22.6 Å². The van der Waals surface area contributed by atoms with Gasteiger partial charge in [-0.15, -0.1) is 5.10 Å². The Hall–Kier alpha value is -4.98. The molecule has 7 aromatic rings. The van der Waals surface area contributed by atoms with Crippen LogP contribution in [0.15, 0.2) is 113 Å². The van der Waals surface area contributed by atoms with Gasteiger partial charge in [0.1, 0.15) is 11.9 Å². The fourth-order valence-corrected chi connectivity index (χ4v) is 5.97. The van der Waals surface area contributed by atoms with E-state index < -0.39 is 11.5 Å². The molecule has 7 nitrogen and oxygen atoms in total. The van der Waals surface area contributed by atoms with Gasteiger partial charge in [-0.1, -0.05) is 102 Å². The molecule has 8 rings (SSSR count). The summed E-state index contributed by atoms with van der Waals surface area (Å²) in [5, 5.41) is 6.03. The minimum atomic E-state index is -0.732. The highest BCUT2D eigenvalue weighted by atomic mass is 35.5. The van der Waals surface area contributed by atoms with Crippen LogP contribution < -0.4 is 10.4 Å². The minimum absolute atomic E-state index is 0.289. The maximum absolute atomic E-state index is 13.6. The maximum Gasteiger partial charge on any atom is 0.344 e. The van der Waals surface area contributed by atoms with Crippen LogP contribution in [0, 0.1) is 0 Å². The number of ether oxygens (including phenoxy) is 1. The third kappa shape index (κ3) is 3.82. The largest absolute Gasteiger partial charge is 0.437 e. The molecule has 1 aliphatic heterocycles. The van der Waals surface area contributed by atoms with Gasteiger partial charge in [-0.2, -0.15) is 0 Å². The molecular weight excluding hydrogens is 571 g/mol. The number of hydrogen-bond donors (Lipinski definition) is 0. The quantitative estimate of drug-likeness (QED) is 0.194. The van der Waals surface area contributed by atoms with Gasteiger partial charge in [-0.25, -0.2) is 19.3 Å². The van der Waals surface area contributed by atoms with Crippen molar-refractivity contribution >= 4 is 39.8 Å². The molecule has 0 spiro atoms. The van der Waals surface area contributed by atoms with Gasteiger partial charge in [0.2, 0.25) is 5.88 Å². The summed E-state index contributed by atoms with van der Waals surface area (Å²) in [6.07, 6.45) is 1.55. The fraction of sp³-hybridized carbons (Fsp3) is 0.0303. The zero-order valence-electron chi connectivity index (χ0n) is 21.7. The van der Waals surface area contributed by atoms with Crippen molar-refractivity contribution < 1.29 is 9.15 Å². The molecule has 9 heteroatoms. The summed E-state index contributed by atoms with van der Waals surface area (Å²) in [7, 11) is 0. The van der Waals surface area contributed by atoms with Crippen LogP contribution in [0.3, 0.4) is 0 Å². The summed E-state index contributed by atoms with van der Waals surface area (Å²) >= 11 is 13.2. The molecule has 3 aromatic heterocycles. The second-order valence-electron chi connectivity index (χ2n) is 9.92. The first-order chi connectivity index (χ1) is 20.6. The third-order valence-corrected chi connectivity index (χ3v) is 8.34. The molecule has 0 aliphatic carbocycles. The second-order valence-corrected chi connectivity index (χ2v) is 10.7. The Bertz CT molecular complexity index is 2230. The molecule has 1 atom stereocenters. The van der Waals surface area contributed by atoms with E-state index in [9.17, 15) is 4.79 Å². The maximum atomic E-state index is 13.6. The van der Waals surface area contributed by atoms with Crippen molar-refractivity contribution in [2.45, 2.75) is 5.92 Å². The topological polar surface area (TPSA) is 82.5 Å². The van der Waals surface area contributed by atoms with Gasteiger partial charge in [0.05, 0.1) is 32.5 Å². The van der Waals surface area contributed by atoms with Crippen molar-refractivity contribution in [2.24, 2.45) is 0 Å². The molecule has 1 unspecified atom stereocenters. The average Bonchev–Trinajstić information content (AvgIpc) is 3.47. The first kappa shape index (κ1) is 24.8. The lowest BCUT2D eigenvalue weighted by molar-refractivity contribution is 0.422. The summed E-state index contributed by atoms with van der Waals surface area (Å²) in [5.41, 5.74) is 4.79. The highest BCUT2D eigenvalue weighted by molar-refractivity contribution is 6.42. The first-order valence-electron chi connectivity index (χ1n) is 13.2. The van der Waals surface area contributed by atoms with Crippen LogP contribution in [0.4, 0.5) is 0 Å². The predicted molar refractivity (Wildman–Crippen MR) is 162 cm³/mol. The first-order valence-corrected chi connectivity index (χ1v) is 13.9. The van der Waals surface area contributed by atoms with Gasteiger partial charge in [-0.3, -0.25) is 0 Å². The van der Waals surface area contributed by atoms with E-state index in [1.54, 1.807) is 35.1 Å². The van der Waals surface area contributed by atoms with E-state index in [4.69, 9.17) is 42.4 Å². The minimum Gasteiger partial charge on any atom is -0.437 e. The second kappa shape index (κ2) is 9.55. The van der Waals surface area contributed by atoms with Gasteiger partial charge in [-0.05, 0) is 34.9 Å². The van der Waals surface area contributed by atoms with Gasteiger partial charge >= 0.3 is 5.63 Å². The van der Waals surface area contributed by atoms with Crippen molar-refractivity contribution in [3.63, 3.8) is 0 Å². The van der Waals surface area contributed by atoms with E-state index >= 15 is 0 Å². The van der Waals surface area contributed by atoms with E-state index in [1.807, 2.05) is 60.7 Å². The molecule has 0 radical (unpaired) electrons. The number of benzene rings is 4. The smallest absolute Gasteiger partial charge is 0.344 e. The zero-order chi connectivity index (χ0) is 28.4. The molecule has 0 fully saturated rings. The van der Waals surface area contributed by atoms with E-state index in [2.05, 4.69) is 17.1 Å². The number of hydrogen-bond acceptors (Lipinski definition) is 6. The van der Waals surface area contributed by atoms with Gasteiger partial charge in [0, 0.05) is 5.56 Å². The number of para-hydroxylation sites is 1. The van der Waals surface area contributed by atoms with Gasteiger partial charge in [0.25, 0.3) is 0 Å². The van der Waals surface area contributed by atoms with E-state index in [0.29, 0.717) is 55.2 Å². The van der Waals surface area contributed by atoms with Crippen LogP contribution in [0.5, 0.6) is 11.6 Å². The molecule has 0 saturated carbocycles. The van der Waals surface area contributed by atoms with E-state index in [0.717, 1.165) is 16.7 Å². The summed E-state index contributed by atoms with van der Waals surface area (Å²) < 4.78 is 13.7. The Kier molecular flexibility index (Phi) is 5.63. The summed E-state index contributed by atoms with van der Waals surface area (Å²) in [6, 6.07) is 30.7. The Labute approximate surface area is 248 Å². The van der Waals surface area contributed by atoms with Crippen molar-refractivity contribution in [3.05, 3.63) is 141 Å². The van der Waals surface area contributed by atoms with Crippen LogP contribution in [-0.2, 0) is 0 Å². The molecule has 42 heavy (non-hydrogen) atoms. The average molecular weight is 589 g/mol. The van der Waals surface area contributed by atoms with Crippen LogP contribution in [-0.4, -0.2) is 19.6 Å². The number of halogens is 2. The SMILES string of the molecule is O=c1oc2ccccc2c2c1C(c1cccc(Cl)c1Cl)c1c(ncn3nc(-c4ccc(-c5ccccc5)cc4)nc13)O2. The normalized spacial score (nSPS) is 14.0. The van der Waals surface area contributed by atoms with Crippen molar-refractivity contribution in [3.8, 4) is 34.1 Å². The van der Waals surface area contributed by atoms with Crippen LogP contribution in [0.2, 0.25) is 10.0 Å². The molecule has 4 heterocycles. The van der Waals surface area contributed by atoms with Crippen LogP contribution in [0.25, 0.3) is 39.1 Å². The fourth-order valence-electron chi connectivity index (χ4n) is 5.55. The number of fused-ring (bicyclic) bond motifs is 6. The zero-order valence-corrected chi connectivity index (χ0v) is 23.2. The Morgan fingerprint density at radius 1 is 0.762 bits per heavy atom. The summed E-state index contributed by atoms with van der Waals surface area (Å²) in [6.45, 7) is 0. The number of aromatic nitrogens is 4. The molecule has 1 aliphatic rings. The highest BCUT2D eigenvalue weighted by Crippen LogP contribution is 2.50. The summed E-state index contributed by atoms with van der Waals surface area (Å²) in [4.78, 5) is 23.1. The van der Waals surface area contributed by atoms with E-state index in [1.165, 1.54) is 0 Å². The lowest BCUT2D eigenvalue weighted by Crippen LogP contribution is -2.22. The molecule has 4 aromatic carbocycles. The van der Waals surface area contributed by atoms with Crippen LogP contribution >= 0.6 is 23.2 Å². The Morgan fingerprint density at radius 2 is 1.50 bits per heavy atom. The van der Waals surface area contributed by atoms with Crippen molar-refractivity contribution in [2.75, 3.05) is 0 Å². The molecule has 0 N–H and O–H groups in total. The predicted octanol–water partition coefficient (Wildman–Crippen LogP) is 8.16. The molecular formula is C33H18Cl2N4O3. The molecule has 0 bridgehead atoms.